The largest absolute Gasteiger partial charge is 0.372 e. The molecule has 94 valence electrons. The summed E-state index contributed by atoms with van der Waals surface area (Å²) in [7, 11) is 0. The van der Waals surface area contributed by atoms with Crippen LogP contribution in [0, 0.1) is 5.92 Å². The van der Waals surface area contributed by atoms with E-state index in [0.29, 0.717) is 11.7 Å². The summed E-state index contributed by atoms with van der Waals surface area (Å²) in [5, 5.41) is 0. The van der Waals surface area contributed by atoms with Crippen LogP contribution in [-0.2, 0) is 9.53 Å². The van der Waals surface area contributed by atoms with E-state index in [-0.39, 0.29) is 18.1 Å². The van der Waals surface area contributed by atoms with Crippen molar-refractivity contribution in [3.05, 3.63) is 0 Å². The first kappa shape index (κ1) is 13.8. The topological polar surface area (TPSA) is 29.5 Å². The van der Waals surface area contributed by atoms with Gasteiger partial charge in [0.25, 0.3) is 0 Å². The summed E-state index contributed by atoms with van der Waals surface area (Å²) in [5.74, 6) is 2.58. The van der Waals surface area contributed by atoms with Crippen LogP contribution in [0.4, 0.5) is 0 Å². The lowest BCUT2D eigenvalue weighted by molar-refractivity contribution is -0.140. The molecule has 1 heterocycles. The number of carbonyl (C=O) groups excluding carboxylic acids is 1. The van der Waals surface area contributed by atoms with Gasteiger partial charge in [-0.2, -0.15) is 11.8 Å². The van der Waals surface area contributed by atoms with Gasteiger partial charge in [0.05, 0.1) is 18.0 Å². The number of nitrogens with zero attached hydrogens (tertiary/aromatic N) is 1. The molecule has 2 atom stereocenters. The summed E-state index contributed by atoms with van der Waals surface area (Å²) < 4.78 is 5.61. The Balaban J connectivity index is 2.30. The van der Waals surface area contributed by atoms with Crippen molar-refractivity contribution < 1.29 is 9.53 Å². The Hall–Kier alpha value is -0.220. The highest BCUT2D eigenvalue weighted by Gasteiger charge is 2.25. The van der Waals surface area contributed by atoms with E-state index >= 15 is 0 Å². The molecule has 0 aliphatic carbocycles. The highest BCUT2D eigenvalue weighted by atomic mass is 32.2. The smallest absolute Gasteiger partial charge is 0.232 e. The van der Waals surface area contributed by atoms with Crippen LogP contribution in [0.15, 0.2) is 0 Å². The fraction of sp³-hybridized carbons (Fsp3) is 0.917. The highest BCUT2D eigenvalue weighted by Crippen LogP contribution is 2.14. The predicted molar refractivity (Wildman–Crippen MR) is 68.8 cm³/mol. The van der Waals surface area contributed by atoms with Crippen molar-refractivity contribution >= 4 is 17.7 Å². The monoisotopic (exact) mass is 245 g/mol. The van der Waals surface area contributed by atoms with Crippen LogP contribution < -0.4 is 0 Å². The van der Waals surface area contributed by atoms with Crippen LogP contribution in [0.5, 0.6) is 0 Å². The van der Waals surface area contributed by atoms with Crippen LogP contribution in [-0.4, -0.2) is 47.6 Å². The second-order valence-corrected chi connectivity index (χ2v) is 6.00. The van der Waals surface area contributed by atoms with Gasteiger partial charge < -0.3 is 9.64 Å². The molecule has 1 aliphatic rings. The number of morpholine rings is 1. The maximum atomic E-state index is 11.9. The van der Waals surface area contributed by atoms with Gasteiger partial charge in [0.2, 0.25) is 5.91 Å². The Labute approximate surface area is 103 Å². The number of ether oxygens (including phenoxy) is 1. The minimum atomic E-state index is 0.169. The number of thioether (sulfide) groups is 1. The summed E-state index contributed by atoms with van der Waals surface area (Å²) in [4.78, 5) is 13.9. The van der Waals surface area contributed by atoms with Gasteiger partial charge >= 0.3 is 0 Å². The van der Waals surface area contributed by atoms with Crippen molar-refractivity contribution in [3.8, 4) is 0 Å². The van der Waals surface area contributed by atoms with E-state index in [2.05, 4.69) is 13.8 Å². The SMILES string of the molecule is CC(C)CSCC(=O)N1C[C@H](C)O[C@@H](C)C1. The zero-order chi connectivity index (χ0) is 12.1. The van der Waals surface area contributed by atoms with Crippen LogP contribution in [0.1, 0.15) is 27.7 Å². The molecule has 0 bridgehead atoms. The maximum Gasteiger partial charge on any atom is 0.232 e. The molecule has 0 aromatic carbocycles. The molecule has 1 aliphatic heterocycles. The van der Waals surface area contributed by atoms with Gasteiger partial charge in [-0.1, -0.05) is 13.8 Å². The molecule has 16 heavy (non-hydrogen) atoms. The van der Waals surface area contributed by atoms with Gasteiger partial charge in [-0.05, 0) is 25.5 Å². The normalized spacial score (nSPS) is 26.2. The third kappa shape index (κ3) is 4.74. The molecular weight excluding hydrogens is 222 g/mol. The highest BCUT2D eigenvalue weighted by molar-refractivity contribution is 7.99. The Morgan fingerprint density at radius 1 is 1.38 bits per heavy atom. The Morgan fingerprint density at radius 2 is 1.94 bits per heavy atom. The predicted octanol–water partition coefficient (Wildman–Crippen LogP) is 2.01. The maximum absolute atomic E-state index is 11.9. The minimum absolute atomic E-state index is 0.169. The van der Waals surface area contributed by atoms with Gasteiger partial charge in [0, 0.05) is 13.1 Å². The molecule has 1 fully saturated rings. The summed E-state index contributed by atoms with van der Waals surface area (Å²) >= 11 is 1.73. The van der Waals surface area contributed by atoms with Crippen LogP contribution in [0.3, 0.4) is 0 Å². The average Bonchev–Trinajstić information content (AvgIpc) is 2.15. The summed E-state index contributed by atoms with van der Waals surface area (Å²) in [5.41, 5.74) is 0. The number of carbonyl (C=O) groups is 1. The van der Waals surface area contributed by atoms with Crippen molar-refractivity contribution in [3.63, 3.8) is 0 Å². The van der Waals surface area contributed by atoms with Gasteiger partial charge in [-0.25, -0.2) is 0 Å². The standard InChI is InChI=1S/C12H23NO2S/c1-9(2)7-16-8-12(14)13-5-10(3)15-11(4)6-13/h9-11H,5-8H2,1-4H3/t10-,11-/m0/s1. The van der Waals surface area contributed by atoms with Gasteiger partial charge in [-0.15, -0.1) is 0 Å². The van der Waals surface area contributed by atoms with Gasteiger partial charge in [0.1, 0.15) is 0 Å². The molecule has 1 rings (SSSR count). The molecule has 0 radical (unpaired) electrons. The third-order valence-electron chi connectivity index (χ3n) is 2.45. The van der Waals surface area contributed by atoms with E-state index in [1.54, 1.807) is 11.8 Å². The lowest BCUT2D eigenvalue weighted by atomic mass is 10.2. The molecule has 0 unspecified atom stereocenters. The van der Waals surface area contributed by atoms with Crippen LogP contribution >= 0.6 is 11.8 Å². The summed E-state index contributed by atoms with van der Waals surface area (Å²) in [6, 6.07) is 0. The van der Waals surface area contributed by atoms with E-state index in [0.717, 1.165) is 18.8 Å². The fourth-order valence-electron chi connectivity index (χ4n) is 1.85. The van der Waals surface area contributed by atoms with Crippen molar-refractivity contribution in [2.24, 2.45) is 5.92 Å². The molecule has 4 heteroatoms. The molecule has 1 saturated heterocycles. The van der Waals surface area contributed by atoms with Crippen molar-refractivity contribution in [2.75, 3.05) is 24.6 Å². The molecule has 3 nitrogen and oxygen atoms in total. The summed E-state index contributed by atoms with van der Waals surface area (Å²) in [6.45, 7) is 9.89. The number of rotatable bonds is 4. The van der Waals surface area contributed by atoms with Crippen LogP contribution in [0.25, 0.3) is 0 Å². The Bertz CT molecular complexity index is 223. The van der Waals surface area contributed by atoms with E-state index in [4.69, 9.17) is 4.74 Å². The minimum Gasteiger partial charge on any atom is -0.372 e. The zero-order valence-corrected chi connectivity index (χ0v) is 11.5. The molecule has 0 aromatic rings. The molecular formula is C12H23NO2S. The van der Waals surface area contributed by atoms with E-state index < -0.39 is 0 Å². The first-order valence-electron chi connectivity index (χ1n) is 6.00. The first-order chi connectivity index (χ1) is 7.49. The second-order valence-electron chi connectivity index (χ2n) is 4.97. The second kappa shape index (κ2) is 6.50. The Kier molecular flexibility index (Phi) is 5.62. The molecule has 1 amide bonds. The zero-order valence-electron chi connectivity index (χ0n) is 10.7. The average molecular weight is 245 g/mol. The number of hydrogen-bond donors (Lipinski definition) is 0. The summed E-state index contributed by atoms with van der Waals surface area (Å²) in [6.07, 6.45) is 0.339. The molecule has 0 aromatic heterocycles. The van der Waals surface area contributed by atoms with Crippen molar-refractivity contribution in [1.82, 2.24) is 4.90 Å². The van der Waals surface area contributed by atoms with Gasteiger partial charge in [-0.3, -0.25) is 4.79 Å². The van der Waals surface area contributed by atoms with Crippen molar-refractivity contribution in [2.45, 2.75) is 39.9 Å². The quantitative estimate of drug-likeness (QED) is 0.759. The number of hydrogen-bond acceptors (Lipinski definition) is 3. The molecule has 0 spiro atoms. The fourth-order valence-corrected chi connectivity index (χ4v) is 2.80. The van der Waals surface area contributed by atoms with Crippen molar-refractivity contribution in [1.29, 1.82) is 0 Å². The molecule has 0 N–H and O–H groups in total. The third-order valence-corrected chi connectivity index (χ3v) is 3.80. The van der Waals surface area contributed by atoms with E-state index in [1.165, 1.54) is 0 Å². The lowest BCUT2D eigenvalue weighted by Crippen LogP contribution is -2.48. The van der Waals surface area contributed by atoms with E-state index in [1.807, 2.05) is 18.7 Å². The number of amides is 1. The van der Waals surface area contributed by atoms with E-state index in [9.17, 15) is 4.79 Å². The first-order valence-corrected chi connectivity index (χ1v) is 7.15. The Morgan fingerprint density at radius 3 is 2.44 bits per heavy atom. The lowest BCUT2D eigenvalue weighted by Gasteiger charge is -2.35. The van der Waals surface area contributed by atoms with Gasteiger partial charge in [0.15, 0.2) is 0 Å². The van der Waals surface area contributed by atoms with Crippen LogP contribution in [0.2, 0.25) is 0 Å². The molecule has 0 saturated carbocycles.